The third kappa shape index (κ3) is 5.46. The summed E-state index contributed by atoms with van der Waals surface area (Å²) in [4.78, 5) is 12.2. The number of amides is 1. The summed E-state index contributed by atoms with van der Waals surface area (Å²) in [6.45, 7) is 2.84. The van der Waals surface area contributed by atoms with Crippen LogP contribution < -0.4 is 10.1 Å². The zero-order valence-corrected chi connectivity index (χ0v) is 17.5. The average Bonchev–Trinajstić information content (AvgIpc) is 2.68. The molecule has 9 heteroatoms. The number of carbonyl (C=O) groups is 1. The first-order valence-electron chi connectivity index (χ1n) is 9.23. The van der Waals surface area contributed by atoms with E-state index in [9.17, 15) is 17.6 Å². The molecule has 1 fully saturated rings. The van der Waals surface area contributed by atoms with Crippen LogP contribution in [-0.4, -0.2) is 38.3 Å². The van der Waals surface area contributed by atoms with Gasteiger partial charge in [-0.05, 0) is 61.2 Å². The minimum absolute atomic E-state index is 0.0689. The second-order valence-corrected chi connectivity index (χ2v) is 9.37. The Hall–Kier alpha value is -2.16. The molecule has 0 spiro atoms. The number of piperidine rings is 1. The first-order chi connectivity index (χ1) is 13.8. The molecule has 1 amide bonds. The van der Waals surface area contributed by atoms with Crippen molar-refractivity contribution in [3.05, 3.63) is 53.3 Å². The van der Waals surface area contributed by atoms with Gasteiger partial charge in [0.25, 0.3) is 5.91 Å². The minimum Gasteiger partial charge on any atom is -0.482 e. The molecule has 1 heterocycles. The number of carbonyl (C=O) groups excluding carboxylic acids is 1. The Morgan fingerprint density at radius 2 is 1.86 bits per heavy atom. The molecule has 1 saturated heterocycles. The molecule has 0 aromatic heterocycles. The molecule has 6 nitrogen and oxygen atoms in total. The summed E-state index contributed by atoms with van der Waals surface area (Å²) >= 11 is 5.85. The molecule has 1 aliphatic heterocycles. The lowest BCUT2D eigenvalue weighted by atomic mass is 10.0. The molecule has 1 aliphatic rings. The van der Waals surface area contributed by atoms with Gasteiger partial charge in [0.1, 0.15) is 11.6 Å². The van der Waals surface area contributed by atoms with E-state index < -0.39 is 21.7 Å². The quantitative estimate of drug-likeness (QED) is 0.738. The molecule has 3 rings (SSSR count). The van der Waals surface area contributed by atoms with Crippen molar-refractivity contribution in [2.75, 3.05) is 25.0 Å². The third-order valence-electron chi connectivity index (χ3n) is 4.77. The third-order valence-corrected chi connectivity index (χ3v) is 6.98. The Morgan fingerprint density at radius 1 is 1.21 bits per heavy atom. The number of halogens is 2. The number of nitrogens with one attached hydrogen (secondary N) is 1. The second-order valence-electron chi connectivity index (χ2n) is 7.02. The van der Waals surface area contributed by atoms with Gasteiger partial charge in [-0.3, -0.25) is 4.79 Å². The first-order valence-corrected chi connectivity index (χ1v) is 11.1. The van der Waals surface area contributed by atoms with E-state index in [1.165, 1.54) is 40.7 Å². The van der Waals surface area contributed by atoms with Crippen LogP contribution >= 0.6 is 11.6 Å². The molecule has 29 heavy (non-hydrogen) atoms. The van der Waals surface area contributed by atoms with Crippen LogP contribution in [0.15, 0.2) is 47.4 Å². The first kappa shape index (κ1) is 21.5. The van der Waals surface area contributed by atoms with Gasteiger partial charge in [-0.25, -0.2) is 12.8 Å². The van der Waals surface area contributed by atoms with Gasteiger partial charge < -0.3 is 10.1 Å². The fourth-order valence-electron chi connectivity index (χ4n) is 3.02. The fourth-order valence-corrected chi connectivity index (χ4v) is 4.71. The van der Waals surface area contributed by atoms with E-state index in [0.717, 1.165) is 18.9 Å². The molecule has 156 valence electrons. The summed E-state index contributed by atoms with van der Waals surface area (Å²) in [5, 5.41) is 2.69. The highest BCUT2D eigenvalue weighted by atomic mass is 35.5. The van der Waals surface area contributed by atoms with E-state index in [-0.39, 0.29) is 22.3 Å². The van der Waals surface area contributed by atoms with E-state index >= 15 is 0 Å². The van der Waals surface area contributed by atoms with Crippen LogP contribution in [0.1, 0.15) is 19.8 Å². The number of benzene rings is 2. The van der Waals surface area contributed by atoms with Gasteiger partial charge >= 0.3 is 0 Å². The molecule has 0 atom stereocenters. The zero-order chi connectivity index (χ0) is 21.0. The summed E-state index contributed by atoms with van der Waals surface area (Å²) in [6, 6.07) is 9.62. The molecule has 0 bridgehead atoms. The van der Waals surface area contributed by atoms with Crippen molar-refractivity contribution < 1.29 is 22.3 Å². The van der Waals surface area contributed by atoms with E-state index in [1.54, 1.807) is 0 Å². The van der Waals surface area contributed by atoms with Crippen molar-refractivity contribution in [3.8, 4) is 5.75 Å². The molecule has 0 saturated carbocycles. The fraction of sp³-hybridized carbons (Fsp3) is 0.350. The van der Waals surface area contributed by atoms with Gasteiger partial charge in [0, 0.05) is 18.8 Å². The maximum atomic E-state index is 13.0. The highest BCUT2D eigenvalue weighted by molar-refractivity contribution is 7.89. The predicted molar refractivity (Wildman–Crippen MR) is 109 cm³/mol. The van der Waals surface area contributed by atoms with E-state index in [4.69, 9.17) is 16.3 Å². The van der Waals surface area contributed by atoms with Crippen molar-refractivity contribution >= 4 is 33.2 Å². The SMILES string of the molecule is CC1CCN(S(=O)(=O)c2ccc(NC(=O)COc3ccc(F)cc3Cl)cc2)CC1. The van der Waals surface area contributed by atoms with Crippen molar-refractivity contribution in [1.29, 1.82) is 0 Å². The monoisotopic (exact) mass is 440 g/mol. The zero-order valence-electron chi connectivity index (χ0n) is 15.9. The van der Waals surface area contributed by atoms with Crippen LogP contribution in [0.25, 0.3) is 0 Å². The summed E-state index contributed by atoms with van der Waals surface area (Å²) in [7, 11) is -3.53. The van der Waals surface area contributed by atoms with Crippen LogP contribution in [0.3, 0.4) is 0 Å². The molecule has 2 aromatic rings. The highest BCUT2D eigenvalue weighted by Crippen LogP contribution is 2.26. The van der Waals surface area contributed by atoms with E-state index in [1.807, 2.05) is 0 Å². The van der Waals surface area contributed by atoms with Crippen LogP contribution in [-0.2, 0) is 14.8 Å². The maximum Gasteiger partial charge on any atom is 0.262 e. The molecular formula is C20H22ClFN2O4S. The standard InChI is InChI=1S/C20H22ClFN2O4S/c1-14-8-10-24(11-9-14)29(26,27)17-5-3-16(4-6-17)23-20(25)13-28-19-7-2-15(22)12-18(19)21/h2-7,12,14H,8-11,13H2,1H3,(H,23,25). The lowest BCUT2D eigenvalue weighted by Gasteiger charge is -2.29. The molecule has 2 aromatic carbocycles. The van der Waals surface area contributed by atoms with Gasteiger partial charge in [-0.2, -0.15) is 4.31 Å². The summed E-state index contributed by atoms with van der Waals surface area (Å²) in [5.74, 6) is -0.224. The van der Waals surface area contributed by atoms with Crippen LogP contribution in [0.5, 0.6) is 5.75 Å². The van der Waals surface area contributed by atoms with Gasteiger partial charge in [-0.15, -0.1) is 0 Å². The molecule has 0 aliphatic carbocycles. The molecular weight excluding hydrogens is 419 g/mol. The van der Waals surface area contributed by atoms with Crippen molar-refractivity contribution in [2.45, 2.75) is 24.7 Å². The topological polar surface area (TPSA) is 75.7 Å². The Morgan fingerprint density at radius 3 is 2.48 bits per heavy atom. The summed E-state index contributed by atoms with van der Waals surface area (Å²) in [6.07, 6.45) is 1.71. The Kier molecular flexibility index (Phi) is 6.77. The normalized spacial score (nSPS) is 15.8. The molecule has 0 unspecified atom stereocenters. The lowest BCUT2D eigenvalue weighted by molar-refractivity contribution is -0.118. The van der Waals surface area contributed by atoms with Crippen LogP contribution in [0.4, 0.5) is 10.1 Å². The van der Waals surface area contributed by atoms with Crippen LogP contribution in [0.2, 0.25) is 5.02 Å². The highest BCUT2D eigenvalue weighted by Gasteiger charge is 2.27. The minimum atomic E-state index is -3.53. The number of ether oxygens (including phenoxy) is 1. The average molecular weight is 441 g/mol. The largest absolute Gasteiger partial charge is 0.482 e. The van der Waals surface area contributed by atoms with Crippen molar-refractivity contribution in [1.82, 2.24) is 4.31 Å². The number of hydrogen-bond acceptors (Lipinski definition) is 4. The van der Waals surface area contributed by atoms with Crippen LogP contribution in [0, 0.1) is 11.7 Å². The van der Waals surface area contributed by atoms with Crippen molar-refractivity contribution in [2.24, 2.45) is 5.92 Å². The van der Waals surface area contributed by atoms with Gasteiger partial charge in [0.2, 0.25) is 10.0 Å². The number of nitrogens with zero attached hydrogens (tertiary/aromatic N) is 1. The number of hydrogen-bond donors (Lipinski definition) is 1. The molecule has 0 radical (unpaired) electrons. The predicted octanol–water partition coefficient (Wildman–Crippen LogP) is 3.92. The summed E-state index contributed by atoms with van der Waals surface area (Å²) in [5.41, 5.74) is 0.440. The Labute approximate surface area is 174 Å². The van der Waals surface area contributed by atoms with Gasteiger partial charge in [0.05, 0.1) is 9.92 Å². The number of sulfonamides is 1. The number of anilines is 1. The lowest BCUT2D eigenvalue weighted by Crippen LogP contribution is -2.37. The maximum absolute atomic E-state index is 13.0. The second kappa shape index (κ2) is 9.11. The number of rotatable bonds is 6. The smallest absolute Gasteiger partial charge is 0.262 e. The Balaban J connectivity index is 1.57. The van der Waals surface area contributed by atoms with Gasteiger partial charge in [0.15, 0.2) is 6.61 Å². The van der Waals surface area contributed by atoms with E-state index in [2.05, 4.69) is 12.2 Å². The summed E-state index contributed by atoms with van der Waals surface area (Å²) < 4.78 is 45.2. The molecule has 1 N–H and O–H groups in total. The van der Waals surface area contributed by atoms with Crippen molar-refractivity contribution in [3.63, 3.8) is 0 Å². The van der Waals surface area contributed by atoms with E-state index in [0.29, 0.717) is 24.7 Å². The van der Waals surface area contributed by atoms with Gasteiger partial charge in [-0.1, -0.05) is 18.5 Å². The Bertz CT molecular complexity index is 974.